The second-order valence-electron chi connectivity index (χ2n) is 4.77. The van der Waals surface area contributed by atoms with Crippen LogP contribution in [0.5, 0.6) is 11.5 Å². The Morgan fingerprint density at radius 1 is 1.19 bits per heavy atom. The molecule has 0 aliphatic rings. The summed E-state index contributed by atoms with van der Waals surface area (Å²) in [5, 5.41) is 0.977. The van der Waals surface area contributed by atoms with E-state index in [1.165, 1.54) is 0 Å². The highest BCUT2D eigenvalue weighted by atomic mass is 16.5. The molecule has 21 heavy (non-hydrogen) atoms. The van der Waals surface area contributed by atoms with E-state index in [2.05, 4.69) is 0 Å². The SMILES string of the molecule is CCN(CC)C(=O)Cn1ccc2c(OC)cc(OC)cc21. The molecule has 0 atom stereocenters. The molecule has 0 saturated carbocycles. The van der Waals surface area contributed by atoms with Crippen LogP contribution in [0.3, 0.4) is 0 Å². The summed E-state index contributed by atoms with van der Waals surface area (Å²) >= 11 is 0. The molecule has 2 rings (SSSR count). The van der Waals surface area contributed by atoms with E-state index in [4.69, 9.17) is 9.47 Å². The molecular weight excluding hydrogens is 268 g/mol. The molecule has 5 nitrogen and oxygen atoms in total. The summed E-state index contributed by atoms with van der Waals surface area (Å²) in [4.78, 5) is 14.1. The van der Waals surface area contributed by atoms with E-state index in [1.807, 2.05) is 47.7 Å². The first-order valence-corrected chi connectivity index (χ1v) is 7.13. The summed E-state index contributed by atoms with van der Waals surface area (Å²) in [5.74, 6) is 1.58. The molecule has 5 heteroatoms. The third-order valence-electron chi connectivity index (χ3n) is 3.70. The van der Waals surface area contributed by atoms with Gasteiger partial charge in [-0.05, 0) is 19.9 Å². The van der Waals surface area contributed by atoms with E-state index in [1.54, 1.807) is 14.2 Å². The number of aromatic nitrogens is 1. The number of rotatable bonds is 6. The lowest BCUT2D eigenvalue weighted by Gasteiger charge is -2.19. The second kappa shape index (κ2) is 6.52. The summed E-state index contributed by atoms with van der Waals surface area (Å²) in [6, 6.07) is 5.73. The Labute approximate surface area is 125 Å². The quantitative estimate of drug-likeness (QED) is 0.821. The molecule has 114 valence electrons. The highest BCUT2D eigenvalue weighted by Crippen LogP contribution is 2.31. The van der Waals surface area contributed by atoms with Gasteiger partial charge in [-0.3, -0.25) is 4.79 Å². The van der Waals surface area contributed by atoms with Crippen molar-refractivity contribution in [1.82, 2.24) is 9.47 Å². The number of benzene rings is 1. The molecule has 1 aromatic carbocycles. The van der Waals surface area contributed by atoms with E-state index in [0.717, 1.165) is 35.5 Å². The number of hydrogen-bond acceptors (Lipinski definition) is 3. The number of ether oxygens (including phenoxy) is 2. The largest absolute Gasteiger partial charge is 0.497 e. The van der Waals surface area contributed by atoms with Crippen molar-refractivity contribution in [1.29, 1.82) is 0 Å². The van der Waals surface area contributed by atoms with Gasteiger partial charge in [-0.1, -0.05) is 0 Å². The van der Waals surface area contributed by atoms with Crippen molar-refractivity contribution < 1.29 is 14.3 Å². The number of hydrogen-bond donors (Lipinski definition) is 0. The Morgan fingerprint density at radius 3 is 2.48 bits per heavy atom. The van der Waals surface area contributed by atoms with Gasteiger partial charge in [0.15, 0.2) is 0 Å². The minimum atomic E-state index is 0.110. The van der Waals surface area contributed by atoms with Crippen molar-refractivity contribution >= 4 is 16.8 Å². The van der Waals surface area contributed by atoms with Gasteiger partial charge in [0.25, 0.3) is 0 Å². The third-order valence-corrected chi connectivity index (χ3v) is 3.70. The topological polar surface area (TPSA) is 43.7 Å². The lowest BCUT2D eigenvalue weighted by Crippen LogP contribution is -2.33. The molecule has 0 radical (unpaired) electrons. The minimum absolute atomic E-state index is 0.110. The number of methoxy groups -OCH3 is 2. The van der Waals surface area contributed by atoms with Gasteiger partial charge in [-0.2, -0.15) is 0 Å². The second-order valence-corrected chi connectivity index (χ2v) is 4.77. The highest BCUT2D eigenvalue weighted by Gasteiger charge is 2.14. The van der Waals surface area contributed by atoms with Gasteiger partial charge in [0, 0.05) is 36.8 Å². The van der Waals surface area contributed by atoms with Crippen molar-refractivity contribution in [2.24, 2.45) is 0 Å². The Bertz CT molecular complexity index is 630. The lowest BCUT2D eigenvalue weighted by molar-refractivity contribution is -0.131. The van der Waals surface area contributed by atoms with Gasteiger partial charge in [-0.15, -0.1) is 0 Å². The molecule has 0 N–H and O–H groups in total. The third kappa shape index (κ3) is 2.96. The number of carbonyl (C=O) groups excluding carboxylic acids is 1. The van der Waals surface area contributed by atoms with Gasteiger partial charge in [0.2, 0.25) is 5.91 Å². The average Bonchev–Trinajstić information content (AvgIpc) is 2.90. The summed E-state index contributed by atoms with van der Waals surface area (Å²) in [6.45, 7) is 5.74. The number of nitrogens with zero attached hydrogens (tertiary/aromatic N) is 2. The first kappa shape index (κ1) is 15.2. The molecular formula is C16H22N2O3. The van der Waals surface area contributed by atoms with E-state index < -0.39 is 0 Å². The Morgan fingerprint density at radius 2 is 1.90 bits per heavy atom. The standard InChI is InChI=1S/C16H22N2O3/c1-5-17(6-2)16(19)11-18-8-7-13-14(18)9-12(20-3)10-15(13)21-4/h7-10H,5-6,11H2,1-4H3. The summed E-state index contributed by atoms with van der Waals surface area (Å²) in [7, 11) is 3.25. The molecule has 0 aliphatic carbocycles. The lowest BCUT2D eigenvalue weighted by atomic mass is 10.2. The van der Waals surface area contributed by atoms with Crippen LogP contribution in [0.15, 0.2) is 24.4 Å². The highest BCUT2D eigenvalue weighted by molar-refractivity contribution is 5.89. The molecule has 0 fully saturated rings. The minimum Gasteiger partial charge on any atom is -0.497 e. The Balaban J connectivity index is 2.39. The molecule has 1 aromatic heterocycles. The summed E-state index contributed by atoms with van der Waals surface area (Å²) in [6.07, 6.45) is 1.91. The predicted molar refractivity (Wildman–Crippen MR) is 83.0 cm³/mol. The van der Waals surface area contributed by atoms with Gasteiger partial charge in [-0.25, -0.2) is 0 Å². The zero-order valence-electron chi connectivity index (χ0n) is 13.0. The van der Waals surface area contributed by atoms with Crippen LogP contribution in [-0.2, 0) is 11.3 Å². The van der Waals surface area contributed by atoms with Gasteiger partial charge >= 0.3 is 0 Å². The average molecular weight is 290 g/mol. The van der Waals surface area contributed by atoms with Crippen molar-refractivity contribution in [3.05, 3.63) is 24.4 Å². The number of likely N-dealkylation sites (N-methyl/N-ethyl adjacent to an activating group) is 1. The van der Waals surface area contributed by atoms with Crippen LogP contribution in [0.4, 0.5) is 0 Å². The fraction of sp³-hybridized carbons (Fsp3) is 0.438. The molecule has 2 aromatic rings. The zero-order chi connectivity index (χ0) is 15.4. The van der Waals surface area contributed by atoms with E-state index >= 15 is 0 Å². The van der Waals surface area contributed by atoms with Crippen molar-refractivity contribution in [3.8, 4) is 11.5 Å². The summed E-state index contributed by atoms with van der Waals surface area (Å²) < 4.78 is 12.6. The maximum Gasteiger partial charge on any atom is 0.242 e. The molecule has 0 saturated heterocycles. The van der Waals surface area contributed by atoms with E-state index in [0.29, 0.717) is 6.54 Å². The first-order chi connectivity index (χ1) is 10.1. The van der Waals surface area contributed by atoms with Crippen LogP contribution in [0, 0.1) is 0 Å². The van der Waals surface area contributed by atoms with Crippen LogP contribution >= 0.6 is 0 Å². The van der Waals surface area contributed by atoms with Gasteiger partial charge in [0.05, 0.1) is 19.7 Å². The van der Waals surface area contributed by atoms with E-state index in [9.17, 15) is 4.79 Å². The van der Waals surface area contributed by atoms with Gasteiger partial charge < -0.3 is 18.9 Å². The maximum atomic E-state index is 12.3. The van der Waals surface area contributed by atoms with Crippen LogP contribution in [0.1, 0.15) is 13.8 Å². The smallest absolute Gasteiger partial charge is 0.242 e. The summed E-state index contributed by atoms with van der Waals surface area (Å²) in [5.41, 5.74) is 0.937. The van der Waals surface area contributed by atoms with Crippen molar-refractivity contribution in [2.75, 3.05) is 27.3 Å². The zero-order valence-corrected chi connectivity index (χ0v) is 13.0. The molecule has 0 bridgehead atoms. The number of fused-ring (bicyclic) bond motifs is 1. The van der Waals surface area contributed by atoms with Crippen molar-refractivity contribution in [3.63, 3.8) is 0 Å². The van der Waals surface area contributed by atoms with Crippen LogP contribution in [0.25, 0.3) is 10.9 Å². The number of carbonyl (C=O) groups is 1. The van der Waals surface area contributed by atoms with Crippen LogP contribution in [-0.4, -0.2) is 42.7 Å². The van der Waals surface area contributed by atoms with Crippen LogP contribution < -0.4 is 9.47 Å². The van der Waals surface area contributed by atoms with Gasteiger partial charge in [0.1, 0.15) is 18.0 Å². The normalized spacial score (nSPS) is 10.7. The molecule has 1 heterocycles. The Kier molecular flexibility index (Phi) is 4.73. The maximum absolute atomic E-state index is 12.3. The molecule has 0 spiro atoms. The fourth-order valence-corrected chi connectivity index (χ4v) is 2.48. The first-order valence-electron chi connectivity index (χ1n) is 7.13. The van der Waals surface area contributed by atoms with E-state index in [-0.39, 0.29) is 5.91 Å². The molecule has 0 aliphatic heterocycles. The number of amides is 1. The molecule has 1 amide bonds. The van der Waals surface area contributed by atoms with Crippen molar-refractivity contribution in [2.45, 2.75) is 20.4 Å². The van der Waals surface area contributed by atoms with Crippen LogP contribution in [0.2, 0.25) is 0 Å². The predicted octanol–water partition coefficient (Wildman–Crippen LogP) is 2.53. The fourth-order valence-electron chi connectivity index (χ4n) is 2.48. The Hall–Kier alpha value is -2.17. The monoisotopic (exact) mass is 290 g/mol. The molecule has 0 unspecified atom stereocenters.